The molecule has 1 aromatic rings. The Morgan fingerprint density at radius 2 is 2.15 bits per heavy atom. The van der Waals surface area contributed by atoms with Crippen LogP contribution in [0.15, 0.2) is 30.3 Å². The van der Waals surface area contributed by atoms with Gasteiger partial charge in [0.1, 0.15) is 0 Å². The molecule has 0 atom stereocenters. The minimum atomic E-state index is -0.904. The first kappa shape index (κ1) is 9.52. The Morgan fingerprint density at radius 3 is 2.69 bits per heavy atom. The molecule has 0 amide bonds. The number of hydrogen-bond donors (Lipinski definition) is 1. The van der Waals surface area contributed by atoms with Gasteiger partial charge in [0.05, 0.1) is 0 Å². The minimum Gasteiger partial charge on any atom is -0.478 e. The highest BCUT2D eigenvalue weighted by atomic mass is 16.4. The number of benzene rings is 1. The summed E-state index contributed by atoms with van der Waals surface area (Å²) >= 11 is 0. The van der Waals surface area contributed by atoms with Crippen LogP contribution in [0.25, 0.3) is 5.57 Å². The largest absolute Gasteiger partial charge is 0.478 e. The van der Waals surface area contributed by atoms with Gasteiger partial charge >= 0.3 is 5.97 Å². The molecule has 0 bridgehead atoms. The van der Waals surface area contributed by atoms with Gasteiger partial charge in [0.25, 0.3) is 0 Å². The summed E-state index contributed by atoms with van der Waals surface area (Å²) in [6, 6.07) is 7.78. The molecule has 13 heavy (non-hydrogen) atoms. The van der Waals surface area contributed by atoms with E-state index in [1.54, 1.807) is 6.92 Å². The standard InChI is InChI=1S/C11H12O2/c1-8-4-3-5-10(6-8)9(2)7-11(12)13/h3-7H,1-2H3,(H,12,13)/b9-7+. The lowest BCUT2D eigenvalue weighted by Crippen LogP contribution is -1.90. The zero-order valence-corrected chi connectivity index (χ0v) is 7.74. The number of carbonyl (C=O) groups is 1. The number of rotatable bonds is 2. The lowest BCUT2D eigenvalue weighted by molar-refractivity contribution is -0.131. The van der Waals surface area contributed by atoms with Crippen molar-refractivity contribution >= 4 is 11.5 Å². The monoisotopic (exact) mass is 176 g/mol. The number of hydrogen-bond acceptors (Lipinski definition) is 1. The molecule has 1 rings (SSSR count). The molecular weight excluding hydrogens is 164 g/mol. The Labute approximate surface area is 77.5 Å². The van der Waals surface area contributed by atoms with Gasteiger partial charge in [-0.3, -0.25) is 0 Å². The number of carboxylic acids is 1. The predicted octanol–water partition coefficient (Wildman–Crippen LogP) is 2.48. The van der Waals surface area contributed by atoms with Crippen molar-refractivity contribution in [3.8, 4) is 0 Å². The fraction of sp³-hybridized carbons (Fsp3) is 0.182. The van der Waals surface area contributed by atoms with Crippen molar-refractivity contribution in [2.45, 2.75) is 13.8 Å². The summed E-state index contributed by atoms with van der Waals surface area (Å²) < 4.78 is 0. The van der Waals surface area contributed by atoms with Gasteiger partial charge in [-0.05, 0) is 25.0 Å². The molecule has 0 spiro atoms. The first-order valence-electron chi connectivity index (χ1n) is 4.08. The molecule has 0 fully saturated rings. The summed E-state index contributed by atoms with van der Waals surface area (Å²) in [5.74, 6) is -0.904. The molecule has 0 aliphatic heterocycles. The quantitative estimate of drug-likeness (QED) is 0.703. The Hall–Kier alpha value is -1.57. The van der Waals surface area contributed by atoms with Crippen LogP contribution in [0.2, 0.25) is 0 Å². The van der Waals surface area contributed by atoms with Gasteiger partial charge in [0.2, 0.25) is 0 Å². The first-order valence-corrected chi connectivity index (χ1v) is 4.08. The van der Waals surface area contributed by atoms with Crippen LogP contribution < -0.4 is 0 Å². The zero-order chi connectivity index (χ0) is 9.84. The third-order valence-corrected chi connectivity index (χ3v) is 1.81. The highest BCUT2D eigenvalue weighted by Gasteiger charge is 1.97. The lowest BCUT2D eigenvalue weighted by atomic mass is 10.1. The van der Waals surface area contributed by atoms with E-state index in [0.717, 1.165) is 16.7 Å². The van der Waals surface area contributed by atoms with Gasteiger partial charge in [0, 0.05) is 6.08 Å². The van der Waals surface area contributed by atoms with Crippen LogP contribution >= 0.6 is 0 Å². The molecule has 0 aromatic heterocycles. The van der Waals surface area contributed by atoms with Gasteiger partial charge in [0.15, 0.2) is 0 Å². The molecule has 0 aliphatic carbocycles. The number of aryl methyl sites for hydroxylation is 1. The number of carboxylic acid groups (broad SMARTS) is 1. The molecule has 1 N–H and O–H groups in total. The van der Waals surface area contributed by atoms with Gasteiger partial charge in [-0.1, -0.05) is 29.8 Å². The lowest BCUT2D eigenvalue weighted by Gasteiger charge is -2.00. The predicted molar refractivity (Wildman–Crippen MR) is 52.5 cm³/mol. The average molecular weight is 176 g/mol. The van der Waals surface area contributed by atoms with Crippen LogP contribution in [-0.4, -0.2) is 11.1 Å². The fourth-order valence-corrected chi connectivity index (χ4v) is 1.16. The van der Waals surface area contributed by atoms with E-state index >= 15 is 0 Å². The average Bonchev–Trinajstić information content (AvgIpc) is 2.03. The molecule has 2 heteroatoms. The van der Waals surface area contributed by atoms with Crippen molar-refractivity contribution in [1.82, 2.24) is 0 Å². The maximum absolute atomic E-state index is 10.4. The maximum atomic E-state index is 10.4. The van der Waals surface area contributed by atoms with Crippen LogP contribution in [0.5, 0.6) is 0 Å². The van der Waals surface area contributed by atoms with E-state index in [1.807, 2.05) is 31.2 Å². The van der Waals surface area contributed by atoms with Gasteiger partial charge in [-0.25, -0.2) is 4.79 Å². The van der Waals surface area contributed by atoms with Crippen molar-refractivity contribution in [2.75, 3.05) is 0 Å². The highest BCUT2D eigenvalue weighted by Crippen LogP contribution is 2.14. The fourth-order valence-electron chi connectivity index (χ4n) is 1.16. The third kappa shape index (κ3) is 2.75. The molecule has 68 valence electrons. The second-order valence-corrected chi connectivity index (χ2v) is 3.04. The van der Waals surface area contributed by atoms with Gasteiger partial charge in [-0.15, -0.1) is 0 Å². The SMILES string of the molecule is C/C(=C\C(=O)O)c1cccc(C)c1. The van der Waals surface area contributed by atoms with Crippen LogP contribution in [-0.2, 0) is 4.79 Å². The molecule has 2 nitrogen and oxygen atoms in total. The summed E-state index contributed by atoms with van der Waals surface area (Å²) in [6.45, 7) is 3.78. The summed E-state index contributed by atoms with van der Waals surface area (Å²) in [5, 5.41) is 8.54. The number of allylic oxidation sites excluding steroid dienone is 1. The molecule has 1 aromatic carbocycles. The second kappa shape index (κ2) is 3.90. The summed E-state index contributed by atoms with van der Waals surface area (Å²) in [4.78, 5) is 10.4. The van der Waals surface area contributed by atoms with E-state index in [2.05, 4.69) is 0 Å². The molecule has 0 saturated carbocycles. The van der Waals surface area contributed by atoms with Crippen LogP contribution in [0, 0.1) is 6.92 Å². The van der Waals surface area contributed by atoms with E-state index in [-0.39, 0.29) is 0 Å². The van der Waals surface area contributed by atoms with E-state index in [9.17, 15) is 4.79 Å². The van der Waals surface area contributed by atoms with Crippen molar-refractivity contribution in [2.24, 2.45) is 0 Å². The molecule has 0 aliphatic rings. The smallest absolute Gasteiger partial charge is 0.328 e. The molecular formula is C11H12O2. The normalized spacial score (nSPS) is 11.4. The van der Waals surface area contributed by atoms with Crippen LogP contribution in [0.4, 0.5) is 0 Å². The van der Waals surface area contributed by atoms with E-state index < -0.39 is 5.97 Å². The number of aliphatic carboxylic acids is 1. The van der Waals surface area contributed by atoms with Crippen molar-refractivity contribution in [1.29, 1.82) is 0 Å². The Bertz CT molecular complexity index is 351. The Kier molecular flexibility index (Phi) is 2.85. The van der Waals surface area contributed by atoms with Crippen LogP contribution in [0.3, 0.4) is 0 Å². The van der Waals surface area contributed by atoms with Crippen molar-refractivity contribution in [3.05, 3.63) is 41.5 Å². The van der Waals surface area contributed by atoms with E-state index in [4.69, 9.17) is 5.11 Å². The van der Waals surface area contributed by atoms with E-state index in [1.165, 1.54) is 6.08 Å². The summed E-state index contributed by atoms with van der Waals surface area (Å²) in [5.41, 5.74) is 2.87. The molecule has 0 unspecified atom stereocenters. The topological polar surface area (TPSA) is 37.3 Å². The van der Waals surface area contributed by atoms with Gasteiger partial charge < -0.3 is 5.11 Å². The summed E-state index contributed by atoms with van der Waals surface area (Å²) in [7, 11) is 0. The van der Waals surface area contributed by atoms with Crippen molar-refractivity contribution < 1.29 is 9.90 Å². The second-order valence-electron chi connectivity index (χ2n) is 3.04. The van der Waals surface area contributed by atoms with E-state index in [0.29, 0.717) is 0 Å². The Morgan fingerprint density at radius 1 is 1.46 bits per heavy atom. The summed E-state index contributed by atoms with van der Waals surface area (Å²) in [6.07, 6.45) is 1.22. The minimum absolute atomic E-state index is 0.774. The third-order valence-electron chi connectivity index (χ3n) is 1.81. The molecule has 0 radical (unpaired) electrons. The molecule has 0 saturated heterocycles. The highest BCUT2D eigenvalue weighted by molar-refractivity contribution is 5.89. The maximum Gasteiger partial charge on any atom is 0.328 e. The first-order chi connectivity index (χ1) is 6.09. The Balaban J connectivity index is 3.02. The zero-order valence-electron chi connectivity index (χ0n) is 7.74. The van der Waals surface area contributed by atoms with Crippen LogP contribution in [0.1, 0.15) is 18.1 Å². The van der Waals surface area contributed by atoms with Gasteiger partial charge in [-0.2, -0.15) is 0 Å². The molecule has 0 heterocycles. The van der Waals surface area contributed by atoms with Crippen molar-refractivity contribution in [3.63, 3.8) is 0 Å².